The first-order valence-corrected chi connectivity index (χ1v) is 8.54. The van der Waals surface area contributed by atoms with E-state index in [-0.39, 0.29) is 11.6 Å². The molecular weight excluding hydrogens is 323 g/mol. The van der Waals surface area contributed by atoms with Crippen LogP contribution in [0.25, 0.3) is 16.7 Å². The van der Waals surface area contributed by atoms with E-state index in [0.29, 0.717) is 22.3 Å². The molecule has 1 aliphatic rings. The van der Waals surface area contributed by atoms with Gasteiger partial charge in [0.1, 0.15) is 5.82 Å². The van der Waals surface area contributed by atoms with Gasteiger partial charge in [0.2, 0.25) is 0 Å². The highest BCUT2D eigenvalue weighted by molar-refractivity contribution is 6.47. The Kier molecular flexibility index (Phi) is 4.10. The molecule has 2 heteroatoms. The molecule has 3 aromatic carbocycles. The second-order valence-electron chi connectivity index (χ2n) is 6.29. The van der Waals surface area contributed by atoms with Gasteiger partial charge < -0.3 is 0 Å². The zero-order valence-electron chi connectivity index (χ0n) is 14.4. The molecule has 0 saturated heterocycles. The van der Waals surface area contributed by atoms with Gasteiger partial charge in [-0.1, -0.05) is 78.9 Å². The zero-order chi connectivity index (χ0) is 18.1. The fourth-order valence-electron chi connectivity index (χ4n) is 3.50. The molecule has 0 amide bonds. The predicted octanol–water partition coefficient (Wildman–Crippen LogP) is 5.79. The Hall–Kier alpha value is -3.26. The van der Waals surface area contributed by atoms with Crippen LogP contribution in [0.4, 0.5) is 4.39 Å². The molecule has 26 heavy (non-hydrogen) atoms. The minimum Gasteiger partial charge on any atom is -0.289 e. The molecule has 0 N–H and O–H groups in total. The van der Waals surface area contributed by atoms with E-state index < -0.39 is 0 Å². The molecule has 0 aliphatic heterocycles. The van der Waals surface area contributed by atoms with Crippen LogP contribution in [0.1, 0.15) is 23.6 Å². The number of hydrogen-bond acceptors (Lipinski definition) is 1. The van der Waals surface area contributed by atoms with Crippen LogP contribution in [-0.2, 0) is 4.79 Å². The van der Waals surface area contributed by atoms with Gasteiger partial charge in [-0.05, 0) is 24.1 Å². The molecule has 3 aromatic rings. The number of allylic oxidation sites excluding steroid dienone is 4. The first-order chi connectivity index (χ1) is 12.7. The van der Waals surface area contributed by atoms with Gasteiger partial charge in [-0.25, -0.2) is 4.39 Å². The lowest BCUT2D eigenvalue weighted by atomic mass is 9.90. The first kappa shape index (κ1) is 16.2. The Morgan fingerprint density at radius 1 is 0.615 bits per heavy atom. The molecule has 0 bridgehead atoms. The van der Waals surface area contributed by atoms with E-state index in [4.69, 9.17) is 0 Å². The minimum absolute atomic E-state index is 0.0479. The molecule has 0 aromatic heterocycles. The molecule has 1 aliphatic carbocycles. The van der Waals surface area contributed by atoms with Crippen molar-refractivity contribution < 1.29 is 9.18 Å². The monoisotopic (exact) mass is 340 g/mol. The van der Waals surface area contributed by atoms with E-state index in [1.54, 1.807) is 25.1 Å². The smallest absolute Gasteiger partial charge is 0.190 e. The average molecular weight is 340 g/mol. The van der Waals surface area contributed by atoms with Crippen LogP contribution in [0.5, 0.6) is 0 Å². The second kappa shape index (κ2) is 6.57. The maximum absolute atomic E-state index is 14.6. The topological polar surface area (TPSA) is 17.1 Å². The minimum atomic E-state index is -0.322. The summed E-state index contributed by atoms with van der Waals surface area (Å²) in [7, 11) is 0. The Bertz CT molecular complexity index is 1040. The Balaban J connectivity index is 2.05. The standard InChI is InChI=1S/C24H17FO/c1-16-21(19-14-8-9-15-20(19)25)22(17-10-4-2-5-11-17)23(24(16)26)18-12-6-3-7-13-18/h2-15H,1H3. The van der Waals surface area contributed by atoms with Crippen molar-refractivity contribution in [2.75, 3.05) is 0 Å². The summed E-state index contributed by atoms with van der Waals surface area (Å²) < 4.78 is 14.6. The molecule has 4 rings (SSSR count). The SMILES string of the molecule is CC1=C(c2ccccc2F)C(c2ccccc2)=C(c2ccccc2)C1=O. The Morgan fingerprint density at radius 2 is 1.12 bits per heavy atom. The van der Waals surface area contributed by atoms with Gasteiger partial charge in [-0.15, -0.1) is 0 Å². The van der Waals surface area contributed by atoms with Gasteiger partial charge in [0.25, 0.3) is 0 Å². The van der Waals surface area contributed by atoms with Crippen LogP contribution in [0.3, 0.4) is 0 Å². The Morgan fingerprint density at radius 3 is 1.69 bits per heavy atom. The number of ketones is 1. The lowest BCUT2D eigenvalue weighted by molar-refractivity contribution is -0.110. The van der Waals surface area contributed by atoms with Crippen molar-refractivity contribution in [2.45, 2.75) is 6.92 Å². The molecule has 0 unspecified atom stereocenters. The van der Waals surface area contributed by atoms with Crippen LogP contribution < -0.4 is 0 Å². The summed E-state index contributed by atoms with van der Waals surface area (Å²) in [6.45, 7) is 1.78. The first-order valence-electron chi connectivity index (χ1n) is 8.54. The predicted molar refractivity (Wildman–Crippen MR) is 104 cm³/mol. The van der Waals surface area contributed by atoms with E-state index in [0.717, 1.165) is 16.7 Å². The van der Waals surface area contributed by atoms with Crippen LogP contribution >= 0.6 is 0 Å². The van der Waals surface area contributed by atoms with Crippen LogP contribution in [-0.4, -0.2) is 5.78 Å². The quantitative estimate of drug-likeness (QED) is 0.589. The summed E-state index contributed by atoms with van der Waals surface area (Å²) in [4.78, 5) is 13.1. The molecule has 0 spiro atoms. The number of rotatable bonds is 3. The fourth-order valence-corrected chi connectivity index (χ4v) is 3.50. The van der Waals surface area contributed by atoms with Crippen molar-refractivity contribution in [1.82, 2.24) is 0 Å². The number of carbonyl (C=O) groups excluding carboxylic acids is 1. The molecule has 126 valence electrons. The van der Waals surface area contributed by atoms with E-state index in [1.807, 2.05) is 60.7 Å². The molecule has 0 fully saturated rings. The van der Waals surface area contributed by atoms with Crippen molar-refractivity contribution in [3.05, 3.63) is 113 Å². The van der Waals surface area contributed by atoms with E-state index in [1.165, 1.54) is 6.07 Å². The highest BCUT2D eigenvalue weighted by atomic mass is 19.1. The van der Waals surface area contributed by atoms with E-state index in [2.05, 4.69) is 0 Å². The lowest BCUT2D eigenvalue weighted by Crippen LogP contribution is -1.99. The summed E-state index contributed by atoms with van der Waals surface area (Å²) in [6.07, 6.45) is 0. The number of benzene rings is 3. The third kappa shape index (κ3) is 2.60. The van der Waals surface area contributed by atoms with Crippen LogP contribution in [0.15, 0.2) is 90.5 Å². The Labute approximate surface area is 152 Å². The largest absolute Gasteiger partial charge is 0.289 e. The van der Waals surface area contributed by atoms with Crippen molar-refractivity contribution in [1.29, 1.82) is 0 Å². The maximum Gasteiger partial charge on any atom is 0.190 e. The molecular formula is C24H17FO. The second-order valence-corrected chi connectivity index (χ2v) is 6.29. The highest BCUT2D eigenvalue weighted by Gasteiger charge is 2.33. The van der Waals surface area contributed by atoms with Crippen LogP contribution in [0.2, 0.25) is 0 Å². The third-order valence-electron chi connectivity index (χ3n) is 4.71. The van der Waals surface area contributed by atoms with E-state index in [9.17, 15) is 9.18 Å². The number of carbonyl (C=O) groups is 1. The van der Waals surface area contributed by atoms with Gasteiger partial charge in [0, 0.05) is 27.9 Å². The maximum atomic E-state index is 14.6. The van der Waals surface area contributed by atoms with Gasteiger partial charge >= 0.3 is 0 Å². The summed E-state index contributed by atoms with van der Waals surface area (Å²) in [5.41, 5.74) is 4.91. The number of Topliss-reactive ketones (excluding diaryl/α,β-unsaturated/α-hetero) is 1. The lowest BCUT2D eigenvalue weighted by Gasteiger charge is -2.13. The normalized spacial score (nSPS) is 14.3. The van der Waals surface area contributed by atoms with Crippen molar-refractivity contribution in [3.8, 4) is 0 Å². The molecule has 0 heterocycles. The zero-order valence-corrected chi connectivity index (χ0v) is 14.4. The van der Waals surface area contributed by atoms with Gasteiger partial charge in [0.05, 0.1) is 0 Å². The van der Waals surface area contributed by atoms with Crippen molar-refractivity contribution in [2.24, 2.45) is 0 Å². The van der Waals surface area contributed by atoms with Crippen molar-refractivity contribution >= 4 is 22.5 Å². The van der Waals surface area contributed by atoms with E-state index >= 15 is 0 Å². The molecule has 0 saturated carbocycles. The molecule has 0 atom stereocenters. The molecule has 1 nitrogen and oxygen atoms in total. The van der Waals surface area contributed by atoms with Gasteiger partial charge in [0.15, 0.2) is 5.78 Å². The fraction of sp³-hybridized carbons (Fsp3) is 0.0417. The van der Waals surface area contributed by atoms with Crippen molar-refractivity contribution in [3.63, 3.8) is 0 Å². The number of halogens is 1. The van der Waals surface area contributed by atoms with Gasteiger partial charge in [-0.3, -0.25) is 4.79 Å². The summed E-state index contributed by atoms with van der Waals surface area (Å²) in [5, 5.41) is 0. The average Bonchev–Trinajstić information content (AvgIpc) is 2.95. The summed E-state index contributed by atoms with van der Waals surface area (Å²) >= 11 is 0. The molecule has 0 radical (unpaired) electrons. The third-order valence-corrected chi connectivity index (χ3v) is 4.71. The van der Waals surface area contributed by atoms with Gasteiger partial charge in [-0.2, -0.15) is 0 Å². The van der Waals surface area contributed by atoms with Crippen LogP contribution in [0, 0.1) is 5.82 Å². The highest BCUT2D eigenvalue weighted by Crippen LogP contribution is 2.46. The number of hydrogen-bond donors (Lipinski definition) is 0. The summed E-state index contributed by atoms with van der Waals surface area (Å²) in [6, 6.07) is 25.9. The summed E-state index contributed by atoms with van der Waals surface area (Å²) in [5.74, 6) is -0.370.